The Hall–Kier alpha value is -2.18. The fourth-order valence-corrected chi connectivity index (χ4v) is 3.67. The van der Waals surface area contributed by atoms with E-state index in [-0.39, 0.29) is 5.91 Å². The largest absolute Gasteiger partial charge is 0.494 e. The maximum absolute atomic E-state index is 12.1. The van der Waals surface area contributed by atoms with Gasteiger partial charge in [0.15, 0.2) is 5.13 Å². The number of rotatable bonds is 8. The van der Waals surface area contributed by atoms with E-state index in [0.717, 1.165) is 27.9 Å². The summed E-state index contributed by atoms with van der Waals surface area (Å²) >= 11 is 4.89. The number of hydrogen-bond donors (Lipinski definition) is 1. The lowest BCUT2D eigenvalue weighted by molar-refractivity contribution is -0.116. The van der Waals surface area contributed by atoms with E-state index >= 15 is 0 Å². The summed E-state index contributed by atoms with van der Waals surface area (Å²) in [4.78, 5) is 16.6. The first-order valence-electron chi connectivity index (χ1n) is 8.87. The molecule has 4 nitrogen and oxygen atoms in total. The van der Waals surface area contributed by atoms with Crippen LogP contribution >= 0.6 is 27.3 Å². The van der Waals surface area contributed by atoms with E-state index in [1.54, 1.807) is 0 Å². The molecule has 6 heteroatoms. The van der Waals surface area contributed by atoms with Crippen LogP contribution in [-0.2, 0) is 11.2 Å². The van der Waals surface area contributed by atoms with Crippen LogP contribution in [0.25, 0.3) is 11.3 Å². The van der Waals surface area contributed by atoms with E-state index in [0.29, 0.717) is 24.6 Å². The number of amides is 1. The number of hydrogen-bond acceptors (Lipinski definition) is 4. The highest BCUT2D eigenvalue weighted by atomic mass is 79.9. The number of ether oxygens (including phenoxy) is 1. The number of carbonyl (C=O) groups is 1. The van der Waals surface area contributed by atoms with Crippen LogP contribution in [0, 0.1) is 0 Å². The first-order chi connectivity index (χ1) is 13.1. The lowest BCUT2D eigenvalue weighted by Crippen LogP contribution is -2.12. The maximum atomic E-state index is 12.1. The second kappa shape index (κ2) is 9.67. The minimum Gasteiger partial charge on any atom is -0.494 e. The number of aromatic nitrogens is 1. The molecule has 0 aliphatic rings. The van der Waals surface area contributed by atoms with Crippen LogP contribution in [0.5, 0.6) is 5.75 Å². The number of carbonyl (C=O) groups excluding carboxylic acids is 1. The molecular formula is C21H21BrN2O2S. The Labute approximate surface area is 171 Å². The molecule has 0 unspecified atom stereocenters. The van der Waals surface area contributed by atoms with Crippen molar-refractivity contribution < 1.29 is 9.53 Å². The SMILES string of the molecule is CCc1ccc(OCCCC(=O)Nc2nc(-c3cccc(Br)c3)cs2)cc1. The van der Waals surface area contributed by atoms with E-state index in [9.17, 15) is 4.79 Å². The summed E-state index contributed by atoms with van der Waals surface area (Å²) in [5, 5.41) is 5.42. The molecule has 0 fully saturated rings. The molecule has 0 aliphatic heterocycles. The topological polar surface area (TPSA) is 51.2 Å². The minimum atomic E-state index is -0.0462. The van der Waals surface area contributed by atoms with E-state index in [1.807, 2.05) is 41.8 Å². The predicted molar refractivity (Wildman–Crippen MR) is 114 cm³/mol. The normalized spacial score (nSPS) is 10.6. The summed E-state index contributed by atoms with van der Waals surface area (Å²) in [6.07, 6.45) is 2.07. The van der Waals surface area contributed by atoms with Crippen LogP contribution in [0.3, 0.4) is 0 Å². The van der Waals surface area contributed by atoms with Crippen molar-refractivity contribution >= 4 is 38.3 Å². The summed E-state index contributed by atoms with van der Waals surface area (Å²) in [5.74, 6) is 0.793. The van der Waals surface area contributed by atoms with Crippen molar-refractivity contribution in [3.63, 3.8) is 0 Å². The molecule has 0 bridgehead atoms. The van der Waals surface area contributed by atoms with Crippen LogP contribution in [0.15, 0.2) is 58.4 Å². The molecule has 140 valence electrons. The van der Waals surface area contributed by atoms with Crippen LogP contribution in [0.1, 0.15) is 25.3 Å². The van der Waals surface area contributed by atoms with Crippen molar-refractivity contribution in [1.29, 1.82) is 0 Å². The third-order valence-corrected chi connectivity index (χ3v) is 5.27. The lowest BCUT2D eigenvalue weighted by atomic mass is 10.2. The number of anilines is 1. The lowest BCUT2D eigenvalue weighted by Gasteiger charge is -2.06. The molecule has 0 atom stereocenters. The molecule has 0 radical (unpaired) electrons. The fourth-order valence-electron chi connectivity index (χ4n) is 2.54. The zero-order chi connectivity index (χ0) is 19.1. The van der Waals surface area contributed by atoms with Crippen molar-refractivity contribution in [2.24, 2.45) is 0 Å². The van der Waals surface area contributed by atoms with Crippen molar-refractivity contribution in [1.82, 2.24) is 4.98 Å². The molecule has 2 aromatic carbocycles. The van der Waals surface area contributed by atoms with Gasteiger partial charge in [-0.25, -0.2) is 4.98 Å². The minimum absolute atomic E-state index is 0.0462. The first kappa shape index (κ1) is 19.6. The average Bonchev–Trinajstić information content (AvgIpc) is 3.14. The molecule has 3 aromatic rings. The average molecular weight is 445 g/mol. The standard InChI is InChI=1S/C21H21BrN2O2S/c1-2-15-8-10-18(11-9-15)26-12-4-7-20(25)24-21-23-19(14-27-21)16-5-3-6-17(22)13-16/h3,5-6,8-11,13-14H,2,4,7,12H2,1H3,(H,23,24,25). The number of nitrogens with one attached hydrogen (secondary N) is 1. The fraction of sp³-hybridized carbons (Fsp3) is 0.238. The molecule has 27 heavy (non-hydrogen) atoms. The number of thiazole rings is 1. The van der Waals surface area contributed by atoms with Crippen LogP contribution in [-0.4, -0.2) is 17.5 Å². The van der Waals surface area contributed by atoms with Gasteiger partial charge in [0.25, 0.3) is 0 Å². The predicted octanol–water partition coefficient (Wildman–Crippen LogP) is 5.93. The number of benzene rings is 2. The molecular weight excluding hydrogens is 424 g/mol. The summed E-state index contributed by atoms with van der Waals surface area (Å²) in [5.41, 5.74) is 3.16. The molecule has 0 saturated carbocycles. The van der Waals surface area contributed by atoms with Crippen molar-refractivity contribution in [3.05, 3.63) is 63.9 Å². The number of aryl methyl sites for hydroxylation is 1. The van der Waals surface area contributed by atoms with E-state index in [2.05, 4.69) is 45.3 Å². The Bertz CT molecular complexity index is 893. The molecule has 0 aliphatic carbocycles. The molecule has 0 spiro atoms. The van der Waals surface area contributed by atoms with Crippen LogP contribution < -0.4 is 10.1 Å². The number of nitrogens with zero attached hydrogens (tertiary/aromatic N) is 1. The van der Waals surface area contributed by atoms with Gasteiger partial charge in [0.2, 0.25) is 5.91 Å². The van der Waals surface area contributed by atoms with Gasteiger partial charge >= 0.3 is 0 Å². The smallest absolute Gasteiger partial charge is 0.226 e. The Morgan fingerprint density at radius 1 is 1.22 bits per heavy atom. The van der Waals surface area contributed by atoms with Crippen LogP contribution in [0.4, 0.5) is 5.13 Å². The Morgan fingerprint density at radius 2 is 2.04 bits per heavy atom. The highest BCUT2D eigenvalue weighted by Crippen LogP contribution is 2.27. The van der Waals surface area contributed by atoms with E-state index in [1.165, 1.54) is 16.9 Å². The molecule has 1 heterocycles. The van der Waals surface area contributed by atoms with Gasteiger partial charge in [-0.2, -0.15) is 0 Å². The maximum Gasteiger partial charge on any atom is 0.226 e. The first-order valence-corrected chi connectivity index (χ1v) is 10.5. The van der Waals surface area contributed by atoms with Gasteiger partial charge in [-0.3, -0.25) is 4.79 Å². The summed E-state index contributed by atoms with van der Waals surface area (Å²) in [6.45, 7) is 2.64. The van der Waals surface area contributed by atoms with E-state index in [4.69, 9.17) is 4.74 Å². The van der Waals surface area contributed by atoms with Gasteiger partial charge in [0, 0.05) is 21.8 Å². The third kappa shape index (κ3) is 5.91. The molecule has 1 amide bonds. The Morgan fingerprint density at radius 3 is 2.78 bits per heavy atom. The van der Waals surface area contributed by atoms with E-state index < -0.39 is 0 Å². The molecule has 3 rings (SSSR count). The summed E-state index contributed by atoms with van der Waals surface area (Å²) < 4.78 is 6.68. The zero-order valence-corrected chi connectivity index (χ0v) is 17.5. The highest BCUT2D eigenvalue weighted by Gasteiger charge is 2.08. The van der Waals surface area contributed by atoms with Gasteiger partial charge in [-0.1, -0.05) is 47.1 Å². The van der Waals surface area contributed by atoms with Gasteiger partial charge < -0.3 is 10.1 Å². The molecule has 1 aromatic heterocycles. The quantitative estimate of drug-likeness (QED) is 0.437. The summed E-state index contributed by atoms with van der Waals surface area (Å²) in [6, 6.07) is 16.0. The zero-order valence-electron chi connectivity index (χ0n) is 15.1. The number of halogens is 1. The van der Waals surface area contributed by atoms with Crippen molar-refractivity contribution in [3.8, 4) is 17.0 Å². The second-order valence-corrected chi connectivity index (χ2v) is 7.82. The second-order valence-electron chi connectivity index (χ2n) is 6.05. The van der Waals surface area contributed by atoms with Crippen LogP contribution in [0.2, 0.25) is 0 Å². The summed E-state index contributed by atoms with van der Waals surface area (Å²) in [7, 11) is 0. The van der Waals surface area contributed by atoms with Gasteiger partial charge in [0.05, 0.1) is 12.3 Å². The third-order valence-electron chi connectivity index (χ3n) is 4.02. The van der Waals surface area contributed by atoms with Gasteiger partial charge in [-0.15, -0.1) is 11.3 Å². The Balaban J connectivity index is 1.43. The molecule has 0 saturated heterocycles. The van der Waals surface area contributed by atoms with Crippen molar-refractivity contribution in [2.75, 3.05) is 11.9 Å². The van der Waals surface area contributed by atoms with Gasteiger partial charge in [0.1, 0.15) is 5.75 Å². The highest BCUT2D eigenvalue weighted by molar-refractivity contribution is 9.10. The monoisotopic (exact) mass is 444 g/mol. The molecule has 1 N–H and O–H groups in total. The van der Waals surface area contributed by atoms with Crippen molar-refractivity contribution in [2.45, 2.75) is 26.2 Å². The van der Waals surface area contributed by atoms with Gasteiger partial charge in [-0.05, 0) is 42.7 Å². The Kier molecular flexibility index (Phi) is 7.01.